The number of carbonyl (C=O) groups is 1. The Labute approximate surface area is 69.8 Å². The standard InChI is InChI=1S/C6H10O2S2/c7-6(8)5-2-1-4(3-9)10-5/h4-5,9H,1-3H2,(H,7,8)/t4-,5-/m1/s1. The second-order valence-electron chi connectivity index (χ2n) is 2.34. The van der Waals surface area contributed by atoms with Gasteiger partial charge in [0.25, 0.3) is 0 Å². The number of carboxylic acids is 1. The molecule has 1 saturated heterocycles. The largest absolute Gasteiger partial charge is 0.480 e. The Morgan fingerprint density at radius 3 is 2.70 bits per heavy atom. The predicted octanol–water partition coefficient (Wildman–Crippen LogP) is 1.26. The summed E-state index contributed by atoms with van der Waals surface area (Å²) in [5, 5.41) is 8.87. The molecule has 1 N–H and O–H groups in total. The number of thioether (sulfide) groups is 1. The van der Waals surface area contributed by atoms with Crippen LogP contribution in [-0.4, -0.2) is 27.3 Å². The molecule has 0 aliphatic carbocycles. The van der Waals surface area contributed by atoms with Crippen molar-refractivity contribution in [1.29, 1.82) is 0 Å². The third kappa shape index (κ3) is 1.83. The fraction of sp³-hybridized carbons (Fsp3) is 0.833. The number of hydrogen-bond acceptors (Lipinski definition) is 3. The molecule has 0 saturated carbocycles. The zero-order chi connectivity index (χ0) is 7.56. The fourth-order valence-corrected chi connectivity index (χ4v) is 2.67. The quantitative estimate of drug-likeness (QED) is 0.625. The molecule has 0 aromatic heterocycles. The van der Waals surface area contributed by atoms with Crippen molar-refractivity contribution in [2.24, 2.45) is 0 Å². The zero-order valence-electron chi connectivity index (χ0n) is 5.49. The van der Waals surface area contributed by atoms with Crippen LogP contribution in [-0.2, 0) is 4.79 Å². The van der Waals surface area contributed by atoms with Crippen LogP contribution in [0.25, 0.3) is 0 Å². The van der Waals surface area contributed by atoms with Crippen LogP contribution in [0.4, 0.5) is 0 Å². The van der Waals surface area contributed by atoms with E-state index >= 15 is 0 Å². The Morgan fingerprint density at radius 1 is 1.70 bits per heavy atom. The number of carboxylic acid groups (broad SMARTS) is 1. The first-order valence-electron chi connectivity index (χ1n) is 3.23. The Morgan fingerprint density at radius 2 is 2.40 bits per heavy atom. The second kappa shape index (κ2) is 3.53. The molecular weight excluding hydrogens is 168 g/mol. The van der Waals surface area contributed by atoms with Gasteiger partial charge < -0.3 is 5.11 Å². The van der Waals surface area contributed by atoms with E-state index in [0.29, 0.717) is 5.25 Å². The molecule has 10 heavy (non-hydrogen) atoms. The van der Waals surface area contributed by atoms with Gasteiger partial charge in [-0.2, -0.15) is 12.6 Å². The average molecular weight is 178 g/mol. The summed E-state index contributed by atoms with van der Waals surface area (Å²) in [4.78, 5) is 10.4. The maximum atomic E-state index is 10.4. The second-order valence-corrected chi connectivity index (χ2v) is 4.22. The summed E-state index contributed by atoms with van der Waals surface area (Å²) in [6.07, 6.45) is 1.82. The van der Waals surface area contributed by atoms with Gasteiger partial charge in [-0.15, -0.1) is 11.8 Å². The fourth-order valence-electron chi connectivity index (χ4n) is 1.02. The van der Waals surface area contributed by atoms with Crippen LogP contribution in [0, 0.1) is 0 Å². The molecule has 0 aromatic rings. The van der Waals surface area contributed by atoms with E-state index in [1.54, 1.807) is 11.8 Å². The molecule has 0 radical (unpaired) electrons. The first-order valence-corrected chi connectivity index (χ1v) is 4.80. The number of hydrogen-bond donors (Lipinski definition) is 2. The lowest BCUT2D eigenvalue weighted by molar-refractivity contribution is -0.136. The van der Waals surface area contributed by atoms with Crippen molar-refractivity contribution in [3.05, 3.63) is 0 Å². The smallest absolute Gasteiger partial charge is 0.316 e. The molecule has 58 valence electrons. The molecular formula is C6H10O2S2. The lowest BCUT2D eigenvalue weighted by Gasteiger charge is -2.03. The van der Waals surface area contributed by atoms with Crippen LogP contribution in [0.3, 0.4) is 0 Å². The third-order valence-corrected chi connectivity index (χ3v) is 3.83. The van der Waals surface area contributed by atoms with Gasteiger partial charge in [0.15, 0.2) is 0 Å². The van der Waals surface area contributed by atoms with Crippen LogP contribution < -0.4 is 0 Å². The van der Waals surface area contributed by atoms with Gasteiger partial charge in [-0.3, -0.25) is 4.79 Å². The minimum Gasteiger partial charge on any atom is -0.480 e. The van der Waals surface area contributed by atoms with Crippen LogP contribution in [0.2, 0.25) is 0 Å². The van der Waals surface area contributed by atoms with Gasteiger partial charge in [0, 0.05) is 11.0 Å². The zero-order valence-corrected chi connectivity index (χ0v) is 7.20. The number of rotatable bonds is 2. The SMILES string of the molecule is O=C(O)[C@H]1CC[C@H](CS)S1. The summed E-state index contributed by atoms with van der Waals surface area (Å²) >= 11 is 5.65. The normalized spacial score (nSPS) is 32.5. The minimum absolute atomic E-state index is 0.169. The molecule has 1 aliphatic heterocycles. The Kier molecular flexibility index (Phi) is 2.92. The summed E-state index contributed by atoms with van der Waals surface area (Å²) in [5.41, 5.74) is 0. The van der Waals surface area contributed by atoms with Crippen molar-refractivity contribution in [3.8, 4) is 0 Å². The highest BCUT2D eigenvalue weighted by Gasteiger charge is 2.29. The number of aliphatic carboxylic acids is 1. The molecule has 2 nitrogen and oxygen atoms in total. The summed E-state index contributed by atoms with van der Waals surface area (Å²) in [6, 6.07) is 0. The summed E-state index contributed by atoms with van der Waals surface area (Å²) in [5.74, 6) is 0.128. The van der Waals surface area contributed by atoms with E-state index < -0.39 is 5.97 Å². The van der Waals surface area contributed by atoms with Crippen LogP contribution in [0.5, 0.6) is 0 Å². The van der Waals surface area contributed by atoms with E-state index in [0.717, 1.165) is 18.6 Å². The summed E-state index contributed by atoms with van der Waals surface area (Å²) in [7, 11) is 0. The molecule has 0 aromatic carbocycles. The van der Waals surface area contributed by atoms with Gasteiger partial charge in [-0.05, 0) is 12.8 Å². The van der Waals surface area contributed by atoms with Crippen LogP contribution in [0.1, 0.15) is 12.8 Å². The molecule has 2 atom stereocenters. The van der Waals surface area contributed by atoms with E-state index in [1.807, 2.05) is 0 Å². The van der Waals surface area contributed by atoms with E-state index in [1.165, 1.54) is 0 Å². The first kappa shape index (κ1) is 8.27. The van der Waals surface area contributed by atoms with Crippen molar-refractivity contribution >= 4 is 30.4 Å². The molecule has 0 bridgehead atoms. The molecule has 0 amide bonds. The summed E-state index contributed by atoms with van der Waals surface area (Å²) < 4.78 is 0. The van der Waals surface area contributed by atoms with E-state index in [-0.39, 0.29) is 5.25 Å². The lowest BCUT2D eigenvalue weighted by atomic mass is 10.2. The Hall–Kier alpha value is 0.170. The predicted molar refractivity (Wildman–Crippen MR) is 45.9 cm³/mol. The van der Waals surface area contributed by atoms with Crippen molar-refractivity contribution in [2.75, 3.05) is 5.75 Å². The number of thiol groups is 1. The van der Waals surface area contributed by atoms with Crippen molar-refractivity contribution in [1.82, 2.24) is 0 Å². The molecule has 1 heterocycles. The van der Waals surface area contributed by atoms with Crippen molar-refractivity contribution < 1.29 is 9.90 Å². The minimum atomic E-state index is -0.672. The molecule has 0 unspecified atom stereocenters. The summed E-state index contributed by atoms with van der Waals surface area (Å²) in [6.45, 7) is 0. The van der Waals surface area contributed by atoms with Gasteiger partial charge in [0.05, 0.1) is 0 Å². The van der Waals surface area contributed by atoms with Gasteiger partial charge in [-0.25, -0.2) is 0 Å². The molecule has 1 rings (SSSR count). The van der Waals surface area contributed by atoms with Crippen LogP contribution >= 0.6 is 24.4 Å². The molecule has 4 heteroatoms. The highest BCUT2D eigenvalue weighted by Crippen LogP contribution is 2.34. The van der Waals surface area contributed by atoms with Crippen LogP contribution in [0.15, 0.2) is 0 Å². The van der Waals surface area contributed by atoms with E-state index in [9.17, 15) is 4.79 Å². The lowest BCUT2D eigenvalue weighted by Crippen LogP contribution is -2.12. The maximum Gasteiger partial charge on any atom is 0.316 e. The molecule has 0 spiro atoms. The maximum absolute atomic E-state index is 10.4. The topological polar surface area (TPSA) is 37.3 Å². The van der Waals surface area contributed by atoms with Crippen molar-refractivity contribution in [3.63, 3.8) is 0 Å². The monoisotopic (exact) mass is 178 g/mol. The average Bonchev–Trinajstić information content (AvgIpc) is 2.34. The van der Waals surface area contributed by atoms with Gasteiger partial charge in [0.1, 0.15) is 5.25 Å². The van der Waals surface area contributed by atoms with Crippen molar-refractivity contribution in [2.45, 2.75) is 23.3 Å². The van der Waals surface area contributed by atoms with Gasteiger partial charge in [-0.1, -0.05) is 0 Å². The van der Waals surface area contributed by atoms with E-state index in [4.69, 9.17) is 5.11 Å². The van der Waals surface area contributed by atoms with Gasteiger partial charge in [0.2, 0.25) is 0 Å². The Balaban J connectivity index is 2.35. The highest BCUT2D eigenvalue weighted by atomic mass is 32.2. The first-order chi connectivity index (χ1) is 4.74. The molecule has 1 fully saturated rings. The third-order valence-electron chi connectivity index (χ3n) is 1.59. The molecule has 1 aliphatic rings. The van der Waals surface area contributed by atoms with Gasteiger partial charge >= 0.3 is 5.97 Å². The highest BCUT2D eigenvalue weighted by molar-refractivity contribution is 8.02. The Bertz CT molecular complexity index is 138. The van der Waals surface area contributed by atoms with E-state index in [2.05, 4.69) is 12.6 Å².